The first-order valence-corrected chi connectivity index (χ1v) is 6.08. The Morgan fingerprint density at radius 2 is 2.00 bits per heavy atom. The summed E-state index contributed by atoms with van der Waals surface area (Å²) in [4.78, 5) is 6.97. The average molecular weight is 253 g/mol. The zero-order valence-electron chi connectivity index (χ0n) is 10.8. The summed E-state index contributed by atoms with van der Waals surface area (Å²) in [6, 6.07) is 0. The molecule has 6 heteroatoms. The first-order valence-electron chi connectivity index (χ1n) is 5.67. The van der Waals surface area contributed by atoms with Gasteiger partial charge in [-0.1, -0.05) is 19.1 Å². The Morgan fingerprint density at radius 3 is 2.47 bits per heavy atom. The first kappa shape index (κ1) is 13.8. The first-order chi connectivity index (χ1) is 7.95. The molecular weight excluding hydrogens is 234 g/mol. The van der Waals surface area contributed by atoms with Gasteiger partial charge < -0.3 is 10.6 Å². The Morgan fingerprint density at radius 1 is 1.35 bits per heavy atom. The third-order valence-corrected chi connectivity index (χ3v) is 3.13. The van der Waals surface area contributed by atoms with Crippen molar-refractivity contribution in [3.05, 3.63) is 11.4 Å². The summed E-state index contributed by atoms with van der Waals surface area (Å²) in [5.41, 5.74) is 7.37. The van der Waals surface area contributed by atoms with Crippen molar-refractivity contribution < 1.29 is 0 Å². The highest BCUT2D eigenvalue weighted by atomic mass is 32.1. The molecule has 1 aromatic rings. The number of rotatable bonds is 5. The van der Waals surface area contributed by atoms with E-state index in [0.717, 1.165) is 24.5 Å². The third kappa shape index (κ3) is 3.59. The lowest BCUT2D eigenvalue weighted by atomic mass is 10.2. The maximum absolute atomic E-state index is 5.62. The molecule has 5 nitrogen and oxygen atoms in total. The van der Waals surface area contributed by atoms with Gasteiger partial charge in [-0.15, -0.1) is 5.10 Å². The molecule has 0 bridgehead atoms. The van der Waals surface area contributed by atoms with E-state index in [1.165, 1.54) is 0 Å². The van der Waals surface area contributed by atoms with E-state index < -0.39 is 0 Å². The molecule has 1 aromatic heterocycles. The fraction of sp³-hybridized carbons (Fsp3) is 0.636. The highest BCUT2D eigenvalue weighted by Gasteiger charge is 2.14. The van der Waals surface area contributed by atoms with Crippen molar-refractivity contribution in [1.29, 1.82) is 0 Å². The predicted molar refractivity (Wildman–Crippen MR) is 73.1 cm³/mol. The number of anilines is 1. The molecule has 17 heavy (non-hydrogen) atoms. The fourth-order valence-electron chi connectivity index (χ4n) is 1.35. The normalized spacial score (nSPS) is 12.2. The van der Waals surface area contributed by atoms with Gasteiger partial charge in [0.15, 0.2) is 0 Å². The van der Waals surface area contributed by atoms with Gasteiger partial charge in [-0.05, 0) is 20.8 Å². The molecule has 0 aliphatic carbocycles. The van der Waals surface area contributed by atoms with Gasteiger partial charge in [-0.25, -0.2) is 4.98 Å². The maximum Gasteiger partial charge on any atom is 0.245 e. The van der Waals surface area contributed by atoms with E-state index in [4.69, 9.17) is 18.0 Å². The number of hydrogen-bond donors (Lipinski definition) is 1. The van der Waals surface area contributed by atoms with Crippen LogP contribution in [0.2, 0.25) is 0 Å². The monoisotopic (exact) mass is 253 g/mol. The van der Waals surface area contributed by atoms with E-state index in [0.29, 0.717) is 10.9 Å². The Balaban J connectivity index is 2.86. The molecule has 1 atom stereocenters. The van der Waals surface area contributed by atoms with Crippen molar-refractivity contribution in [2.75, 3.05) is 18.0 Å². The lowest BCUT2D eigenvalue weighted by Gasteiger charge is -2.23. The molecule has 2 N–H and O–H groups in total. The second-order valence-corrected chi connectivity index (χ2v) is 4.60. The molecule has 1 heterocycles. The van der Waals surface area contributed by atoms with Crippen LogP contribution in [0.25, 0.3) is 0 Å². The highest BCUT2D eigenvalue weighted by molar-refractivity contribution is 7.80. The number of nitrogens with zero attached hydrogens (tertiary/aromatic N) is 4. The zero-order valence-corrected chi connectivity index (χ0v) is 11.6. The third-order valence-electron chi connectivity index (χ3n) is 2.73. The van der Waals surface area contributed by atoms with Crippen molar-refractivity contribution in [2.24, 2.45) is 11.7 Å². The van der Waals surface area contributed by atoms with E-state index in [1.54, 1.807) is 0 Å². The summed E-state index contributed by atoms with van der Waals surface area (Å²) in [5.74, 6) is 0.772. The molecule has 0 aromatic carbocycles. The van der Waals surface area contributed by atoms with Gasteiger partial charge in [0.1, 0.15) is 0 Å². The molecule has 0 amide bonds. The maximum atomic E-state index is 5.62. The molecule has 0 radical (unpaired) electrons. The average Bonchev–Trinajstić information content (AvgIpc) is 2.29. The fourth-order valence-corrected chi connectivity index (χ4v) is 1.43. The summed E-state index contributed by atoms with van der Waals surface area (Å²) in [7, 11) is 0. The number of nitrogens with two attached hydrogens (primary N) is 1. The topological polar surface area (TPSA) is 67.9 Å². The molecule has 1 unspecified atom stereocenters. The Hall–Kier alpha value is -1.30. The van der Waals surface area contributed by atoms with E-state index in [1.807, 2.05) is 32.6 Å². The number of thiocarbonyl (C=S) groups is 1. The van der Waals surface area contributed by atoms with Crippen LogP contribution >= 0.6 is 12.2 Å². The van der Waals surface area contributed by atoms with Crippen molar-refractivity contribution in [1.82, 2.24) is 15.2 Å². The lowest BCUT2D eigenvalue weighted by molar-refractivity contribution is 0.678. The summed E-state index contributed by atoms with van der Waals surface area (Å²) in [6.45, 7) is 9.39. The van der Waals surface area contributed by atoms with Crippen molar-refractivity contribution in [2.45, 2.75) is 27.7 Å². The van der Waals surface area contributed by atoms with Gasteiger partial charge in [0.05, 0.1) is 16.4 Å². The second kappa shape index (κ2) is 5.86. The molecule has 0 saturated heterocycles. The van der Waals surface area contributed by atoms with Crippen LogP contribution in [0.5, 0.6) is 0 Å². The Labute approximate surface area is 107 Å². The lowest BCUT2D eigenvalue weighted by Crippen LogP contribution is -2.35. The van der Waals surface area contributed by atoms with Gasteiger partial charge in [-0.2, -0.15) is 5.10 Å². The molecule has 1 rings (SSSR count). The molecule has 0 spiro atoms. The van der Waals surface area contributed by atoms with Crippen LogP contribution in [0.15, 0.2) is 0 Å². The molecule has 0 aliphatic heterocycles. The van der Waals surface area contributed by atoms with E-state index in [2.05, 4.69) is 15.2 Å². The number of aryl methyl sites for hydroxylation is 2. The minimum atomic E-state index is 0.134. The molecule has 0 aliphatic rings. The van der Waals surface area contributed by atoms with Gasteiger partial charge >= 0.3 is 0 Å². The smallest absolute Gasteiger partial charge is 0.245 e. The summed E-state index contributed by atoms with van der Waals surface area (Å²) in [5, 5.41) is 8.18. The van der Waals surface area contributed by atoms with Crippen LogP contribution in [0.4, 0.5) is 5.95 Å². The minimum absolute atomic E-state index is 0.134. The molecular formula is C11H19N5S. The molecule has 0 saturated carbocycles. The number of hydrogen-bond acceptors (Lipinski definition) is 5. The summed E-state index contributed by atoms with van der Waals surface area (Å²) in [6.07, 6.45) is 0. The van der Waals surface area contributed by atoms with Crippen molar-refractivity contribution in [3.8, 4) is 0 Å². The minimum Gasteiger partial charge on any atom is -0.393 e. The summed E-state index contributed by atoms with van der Waals surface area (Å²) < 4.78 is 0. The highest BCUT2D eigenvalue weighted by Crippen LogP contribution is 2.10. The predicted octanol–water partition coefficient (Wildman–Crippen LogP) is 1.24. The van der Waals surface area contributed by atoms with Gasteiger partial charge in [0, 0.05) is 19.0 Å². The van der Waals surface area contributed by atoms with Gasteiger partial charge in [0.2, 0.25) is 5.95 Å². The van der Waals surface area contributed by atoms with Crippen LogP contribution in [0.3, 0.4) is 0 Å². The molecule has 0 fully saturated rings. The second-order valence-electron chi connectivity index (χ2n) is 4.12. The van der Waals surface area contributed by atoms with E-state index >= 15 is 0 Å². The van der Waals surface area contributed by atoms with E-state index in [9.17, 15) is 0 Å². The Kier molecular flexibility index (Phi) is 4.74. The SMILES string of the molecule is CCN(CC(C)C(N)=S)c1nnc(C)c(C)n1. The van der Waals surface area contributed by atoms with Gasteiger partial charge in [-0.3, -0.25) is 0 Å². The van der Waals surface area contributed by atoms with Gasteiger partial charge in [0.25, 0.3) is 0 Å². The zero-order chi connectivity index (χ0) is 13.0. The Bertz CT molecular complexity index is 407. The largest absolute Gasteiger partial charge is 0.393 e. The quantitative estimate of drug-likeness (QED) is 0.796. The van der Waals surface area contributed by atoms with Crippen LogP contribution in [-0.4, -0.2) is 33.3 Å². The van der Waals surface area contributed by atoms with Crippen LogP contribution < -0.4 is 10.6 Å². The standard InChI is InChI=1S/C11H19N5S/c1-5-16(6-7(2)10(12)17)11-13-8(3)9(4)14-15-11/h7H,5-6H2,1-4H3,(H2,12,17). The van der Waals surface area contributed by atoms with Crippen LogP contribution in [0.1, 0.15) is 25.2 Å². The van der Waals surface area contributed by atoms with Crippen LogP contribution in [0, 0.1) is 19.8 Å². The van der Waals surface area contributed by atoms with E-state index in [-0.39, 0.29) is 5.92 Å². The van der Waals surface area contributed by atoms with Crippen molar-refractivity contribution >= 4 is 23.2 Å². The van der Waals surface area contributed by atoms with Crippen molar-refractivity contribution in [3.63, 3.8) is 0 Å². The summed E-state index contributed by atoms with van der Waals surface area (Å²) >= 11 is 4.98. The number of aromatic nitrogens is 3. The molecule has 94 valence electrons. The van der Waals surface area contributed by atoms with Crippen LogP contribution in [-0.2, 0) is 0 Å².